The van der Waals surface area contributed by atoms with Gasteiger partial charge in [-0.2, -0.15) is 0 Å². The van der Waals surface area contributed by atoms with Gasteiger partial charge >= 0.3 is 5.97 Å². The van der Waals surface area contributed by atoms with Crippen molar-refractivity contribution in [2.75, 3.05) is 12.4 Å². The number of methoxy groups -OCH3 is 1. The van der Waals surface area contributed by atoms with E-state index < -0.39 is 11.9 Å². The molecule has 168 valence electrons. The van der Waals surface area contributed by atoms with Crippen LogP contribution in [-0.4, -0.2) is 30.9 Å². The van der Waals surface area contributed by atoms with Crippen LogP contribution in [0.3, 0.4) is 0 Å². The van der Waals surface area contributed by atoms with E-state index in [1.165, 1.54) is 25.3 Å². The molecule has 0 atom stereocenters. The number of fused-ring (bicyclic) bond motifs is 1. The van der Waals surface area contributed by atoms with Crippen LogP contribution in [0.25, 0.3) is 16.3 Å². The summed E-state index contributed by atoms with van der Waals surface area (Å²) in [7, 11) is 1.27. The largest absolute Gasteiger partial charge is 0.465 e. The van der Waals surface area contributed by atoms with Gasteiger partial charge in [-0.05, 0) is 72.4 Å². The fourth-order valence-electron chi connectivity index (χ4n) is 3.78. The number of nitrogens with one attached hydrogen (secondary N) is 2. The lowest BCUT2D eigenvalue weighted by atomic mass is 9.93. The number of amides is 2. The third-order valence-corrected chi connectivity index (χ3v) is 5.94. The number of anilines is 1. The molecule has 6 nitrogen and oxygen atoms in total. The van der Waals surface area contributed by atoms with Crippen molar-refractivity contribution in [1.82, 2.24) is 5.32 Å². The van der Waals surface area contributed by atoms with Gasteiger partial charge in [0.1, 0.15) is 0 Å². The maximum Gasteiger partial charge on any atom is 0.339 e. The molecule has 1 fully saturated rings. The molecule has 3 aromatic carbocycles. The fraction of sp³-hybridized carbons (Fsp3) is 0.222. The number of esters is 1. The van der Waals surface area contributed by atoms with E-state index in [2.05, 4.69) is 10.6 Å². The summed E-state index contributed by atoms with van der Waals surface area (Å²) in [4.78, 5) is 37.6. The van der Waals surface area contributed by atoms with Crippen molar-refractivity contribution < 1.29 is 19.1 Å². The molecular weight excluding hydrogens is 416 g/mol. The summed E-state index contributed by atoms with van der Waals surface area (Å²) in [5.41, 5.74) is 2.49. The molecule has 1 saturated carbocycles. The van der Waals surface area contributed by atoms with Gasteiger partial charge in [-0.25, -0.2) is 4.79 Å². The minimum atomic E-state index is -0.591. The number of benzene rings is 3. The first-order chi connectivity index (χ1) is 15.9. The van der Waals surface area contributed by atoms with Crippen LogP contribution in [0.1, 0.15) is 52.5 Å². The summed E-state index contributed by atoms with van der Waals surface area (Å²) in [5.74, 6) is -1.22. The lowest BCUT2D eigenvalue weighted by Gasteiger charge is -2.26. The quantitative estimate of drug-likeness (QED) is 0.418. The molecule has 0 spiro atoms. The molecule has 2 N–H and O–H groups in total. The summed E-state index contributed by atoms with van der Waals surface area (Å²) < 4.78 is 4.84. The van der Waals surface area contributed by atoms with E-state index in [0.717, 1.165) is 41.2 Å². The molecular formula is C27H26N2O4. The Morgan fingerprint density at radius 2 is 1.67 bits per heavy atom. The molecule has 0 radical (unpaired) electrons. The van der Waals surface area contributed by atoms with E-state index in [-0.39, 0.29) is 23.2 Å². The number of ether oxygens (including phenoxy) is 1. The summed E-state index contributed by atoms with van der Waals surface area (Å²) in [6.45, 7) is 1.85. The highest BCUT2D eigenvalue weighted by molar-refractivity contribution is 6.09. The first-order valence-electron chi connectivity index (χ1n) is 11.0. The minimum Gasteiger partial charge on any atom is -0.465 e. The van der Waals surface area contributed by atoms with Crippen LogP contribution in [0.2, 0.25) is 0 Å². The van der Waals surface area contributed by atoms with Crippen LogP contribution in [0.5, 0.6) is 0 Å². The zero-order valence-corrected chi connectivity index (χ0v) is 18.7. The fourth-order valence-corrected chi connectivity index (χ4v) is 3.78. The second-order valence-electron chi connectivity index (χ2n) is 8.23. The number of hydrogen-bond donors (Lipinski definition) is 2. The average molecular weight is 443 g/mol. The van der Waals surface area contributed by atoms with Crippen molar-refractivity contribution >= 4 is 39.8 Å². The minimum absolute atomic E-state index is 0.183. The molecule has 0 aromatic heterocycles. The smallest absolute Gasteiger partial charge is 0.339 e. The van der Waals surface area contributed by atoms with Gasteiger partial charge in [0.15, 0.2) is 0 Å². The monoisotopic (exact) mass is 442 g/mol. The summed E-state index contributed by atoms with van der Waals surface area (Å²) in [6.07, 6.45) is 4.52. The Bertz CT molecular complexity index is 1260. The van der Waals surface area contributed by atoms with E-state index in [1.807, 2.05) is 49.4 Å². The maximum absolute atomic E-state index is 12.8. The van der Waals surface area contributed by atoms with Gasteiger partial charge in [0.25, 0.3) is 5.91 Å². The number of carbonyl (C=O) groups excluding carboxylic acids is 3. The Morgan fingerprint density at radius 1 is 0.939 bits per heavy atom. The van der Waals surface area contributed by atoms with Crippen LogP contribution >= 0.6 is 0 Å². The van der Waals surface area contributed by atoms with Crippen molar-refractivity contribution in [2.24, 2.45) is 0 Å². The predicted octanol–water partition coefficient (Wildman–Crippen LogP) is 4.95. The van der Waals surface area contributed by atoms with Gasteiger partial charge in [-0.3, -0.25) is 9.59 Å². The van der Waals surface area contributed by atoms with Crippen molar-refractivity contribution in [2.45, 2.75) is 32.2 Å². The second kappa shape index (κ2) is 9.69. The van der Waals surface area contributed by atoms with Gasteiger partial charge in [-0.1, -0.05) is 36.4 Å². The van der Waals surface area contributed by atoms with Gasteiger partial charge < -0.3 is 15.4 Å². The Kier molecular flexibility index (Phi) is 6.54. The molecule has 0 saturated heterocycles. The molecule has 3 aromatic rings. The van der Waals surface area contributed by atoms with E-state index in [0.29, 0.717) is 5.56 Å². The van der Waals surface area contributed by atoms with Gasteiger partial charge in [-0.15, -0.1) is 0 Å². The van der Waals surface area contributed by atoms with Gasteiger partial charge in [0, 0.05) is 17.7 Å². The molecule has 1 aliphatic rings. The normalized spacial score (nSPS) is 13.8. The molecule has 4 rings (SSSR count). The van der Waals surface area contributed by atoms with Crippen molar-refractivity contribution in [3.05, 3.63) is 83.4 Å². The van der Waals surface area contributed by atoms with E-state index in [9.17, 15) is 14.4 Å². The molecule has 1 aliphatic carbocycles. The van der Waals surface area contributed by atoms with E-state index >= 15 is 0 Å². The lowest BCUT2D eigenvalue weighted by molar-refractivity contribution is -0.111. The molecule has 0 unspecified atom stereocenters. The molecule has 0 aliphatic heterocycles. The van der Waals surface area contributed by atoms with Crippen molar-refractivity contribution in [3.63, 3.8) is 0 Å². The molecule has 6 heteroatoms. The Hall–Kier alpha value is -3.93. The lowest BCUT2D eigenvalue weighted by Crippen LogP contribution is -2.39. The van der Waals surface area contributed by atoms with Crippen molar-refractivity contribution in [1.29, 1.82) is 0 Å². The number of rotatable bonds is 6. The number of hydrogen-bond acceptors (Lipinski definition) is 4. The Balaban J connectivity index is 1.57. The van der Waals surface area contributed by atoms with Gasteiger partial charge in [0.2, 0.25) is 5.91 Å². The summed E-state index contributed by atoms with van der Waals surface area (Å²) in [6, 6.07) is 18.8. The number of carbonyl (C=O) groups is 3. The van der Waals surface area contributed by atoms with Gasteiger partial charge in [0.05, 0.1) is 18.4 Å². The molecule has 0 heterocycles. The second-order valence-corrected chi connectivity index (χ2v) is 8.23. The highest BCUT2D eigenvalue weighted by Crippen LogP contribution is 2.24. The molecule has 0 bridgehead atoms. The third-order valence-electron chi connectivity index (χ3n) is 5.94. The summed E-state index contributed by atoms with van der Waals surface area (Å²) >= 11 is 0. The SMILES string of the molecule is COC(=O)c1ccc(C(=O)NC2CCC2)cc1NC(=O)C=C(C)c1ccc2ccccc2c1. The highest BCUT2D eigenvalue weighted by Gasteiger charge is 2.22. The third kappa shape index (κ3) is 5.12. The highest BCUT2D eigenvalue weighted by atomic mass is 16.5. The van der Waals surface area contributed by atoms with Crippen LogP contribution in [0.4, 0.5) is 5.69 Å². The van der Waals surface area contributed by atoms with E-state index in [4.69, 9.17) is 4.74 Å². The standard InChI is InChI=1S/C27H26N2O4/c1-17(19-11-10-18-6-3-4-7-20(18)15-19)14-25(30)29-24-16-21(12-13-23(24)27(32)33-2)26(31)28-22-8-5-9-22/h3-4,6-7,10-16,22H,5,8-9H2,1-2H3,(H,28,31)(H,29,30). The average Bonchev–Trinajstić information content (AvgIpc) is 2.80. The van der Waals surface area contributed by atoms with E-state index in [1.54, 1.807) is 6.07 Å². The zero-order chi connectivity index (χ0) is 23.4. The van der Waals surface area contributed by atoms with Crippen LogP contribution in [0, 0.1) is 0 Å². The maximum atomic E-state index is 12.8. The zero-order valence-electron chi connectivity index (χ0n) is 18.7. The predicted molar refractivity (Wildman–Crippen MR) is 129 cm³/mol. The van der Waals surface area contributed by atoms with Crippen LogP contribution < -0.4 is 10.6 Å². The Morgan fingerprint density at radius 3 is 2.36 bits per heavy atom. The van der Waals surface area contributed by atoms with Crippen LogP contribution in [0.15, 0.2) is 66.7 Å². The molecule has 33 heavy (non-hydrogen) atoms. The number of allylic oxidation sites excluding steroid dienone is 1. The first-order valence-corrected chi connectivity index (χ1v) is 11.0. The van der Waals surface area contributed by atoms with Crippen molar-refractivity contribution in [3.8, 4) is 0 Å². The first kappa shape index (κ1) is 22.3. The topological polar surface area (TPSA) is 84.5 Å². The summed E-state index contributed by atoms with van der Waals surface area (Å²) in [5, 5.41) is 7.92. The Labute approximate surface area is 192 Å². The molecule has 2 amide bonds. The van der Waals surface area contributed by atoms with Crippen LogP contribution in [-0.2, 0) is 9.53 Å².